The Hall–Kier alpha value is -3.41. The van der Waals surface area contributed by atoms with E-state index in [9.17, 15) is 14.4 Å². The maximum atomic E-state index is 12.7. The Morgan fingerprint density at radius 1 is 0.362 bits per heavy atom. The molecule has 0 spiro atoms. The van der Waals surface area contributed by atoms with Crippen LogP contribution in [0.3, 0.4) is 0 Å². The number of unbranched alkanes of at least 4 members (excludes halogenated alkanes) is 16. The summed E-state index contributed by atoms with van der Waals surface area (Å²) in [4.78, 5) is 37.7. The third-order valence-electron chi connectivity index (χ3n) is 9.60. The molecule has 58 heavy (non-hydrogen) atoms. The highest BCUT2D eigenvalue weighted by Gasteiger charge is 2.19. The lowest BCUT2D eigenvalue weighted by molar-refractivity contribution is -0.167. The lowest BCUT2D eigenvalue weighted by Crippen LogP contribution is -2.30. The number of ether oxygens (including phenoxy) is 3. The first-order valence-corrected chi connectivity index (χ1v) is 23.6. The number of carbonyl (C=O) groups is 3. The smallest absolute Gasteiger partial charge is 0.306 e. The molecule has 0 amide bonds. The summed E-state index contributed by atoms with van der Waals surface area (Å²) in [6, 6.07) is 0. The van der Waals surface area contributed by atoms with Gasteiger partial charge < -0.3 is 14.2 Å². The first-order valence-electron chi connectivity index (χ1n) is 23.6. The molecule has 0 aliphatic heterocycles. The second kappa shape index (κ2) is 46.3. The maximum Gasteiger partial charge on any atom is 0.306 e. The monoisotopic (exact) mass is 807 g/mol. The molecule has 0 bridgehead atoms. The molecule has 6 nitrogen and oxygen atoms in total. The zero-order valence-corrected chi connectivity index (χ0v) is 37.5. The number of allylic oxidation sites excluding steroid dienone is 14. The van der Waals surface area contributed by atoms with Crippen molar-refractivity contribution in [2.75, 3.05) is 13.2 Å². The topological polar surface area (TPSA) is 78.9 Å². The van der Waals surface area contributed by atoms with Crippen molar-refractivity contribution in [2.24, 2.45) is 0 Å². The van der Waals surface area contributed by atoms with Gasteiger partial charge >= 0.3 is 17.9 Å². The van der Waals surface area contributed by atoms with Gasteiger partial charge in [-0.05, 0) is 103 Å². The molecule has 0 rings (SSSR count). The van der Waals surface area contributed by atoms with E-state index in [0.29, 0.717) is 19.3 Å². The number of carbonyl (C=O) groups excluding carboxylic acids is 3. The standard InChI is InChI=1S/C52H86O6/c1-4-7-10-13-16-19-22-24-25-26-27-29-30-33-36-39-42-45-51(54)57-48-49(47-56-50(53)44-41-38-35-32-21-18-15-12-9-6-3)58-52(55)46-43-40-37-34-31-28-23-20-17-14-11-8-5-2/h7,10,15-16,18-19,24-25,27-29,31,33,36,49H,4-6,8-9,11-14,17,20-23,26,30,32,34-35,37-48H2,1-3H3/b10-7-,18-15-,19-16-,25-24-,29-27-,31-28-,36-33-. The van der Waals surface area contributed by atoms with Crippen LogP contribution in [0.5, 0.6) is 0 Å². The van der Waals surface area contributed by atoms with E-state index in [1.54, 1.807) is 0 Å². The molecule has 0 fully saturated rings. The van der Waals surface area contributed by atoms with E-state index in [0.717, 1.165) is 109 Å². The van der Waals surface area contributed by atoms with Gasteiger partial charge in [0.05, 0.1) is 0 Å². The summed E-state index contributed by atoms with van der Waals surface area (Å²) in [5, 5.41) is 0. The van der Waals surface area contributed by atoms with E-state index in [2.05, 4.69) is 106 Å². The Kier molecular flexibility index (Phi) is 43.6. The van der Waals surface area contributed by atoms with Crippen LogP contribution in [0.2, 0.25) is 0 Å². The molecule has 0 aliphatic carbocycles. The number of hydrogen-bond donors (Lipinski definition) is 0. The van der Waals surface area contributed by atoms with Gasteiger partial charge in [-0.1, -0.05) is 170 Å². The van der Waals surface area contributed by atoms with Crippen molar-refractivity contribution >= 4 is 17.9 Å². The molecule has 0 heterocycles. The third-order valence-corrected chi connectivity index (χ3v) is 9.60. The summed E-state index contributed by atoms with van der Waals surface area (Å²) in [7, 11) is 0. The lowest BCUT2D eigenvalue weighted by atomic mass is 10.1. The molecule has 0 aromatic carbocycles. The van der Waals surface area contributed by atoms with E-state index in [1.807, 2.05) is 0 Å². The molecule has 1 atom stereocenters. The Morgan fingerprint density at radius 3 is 1.21 bits per heavy atom. The molecule has 0 saturated carbocycles. The quantitative estimate of drug-likeness (QED) is 0.0265. The second-order valence-corrected chi connectivity index (χ2v) is 15.3. The largest absolute Gasteiger partial charge is 0.462 e. The summed E-state index contributed by atoms with van der Waals surface area (Å²) >= 11 is 0. The average molecular weight is 807 g/mol. The maximum absolute atomic E-state index is 12.7. The first kappa shape index (κ1) is 54.6. The highest BCUT2D eigenvalue weighted by atomic mass is 16.6. The molecule has 0 aromatic heterocycles. The zero-order valence-electron chi connectivity index (χ0n) is 37.5. The third kappa shape index (κ3) is 43.7. The van der Waals surface area contributed by atoms with Crippen molar-refractivity contribution in [3.8, 4) is 0 Å². The van der Waals surface area contributed by atoms with Crippen LogP contribution in [-0.2, 0) is 28.6 Å². The van der Waals surface area contributed by atoms with Crippen molar-refractivity contribution in [1.29, 1.82) is 0 Å². The fourth-order valence-electron chi connectivity index (χ4n) is 6.04. The van der Waals surface area contributed by atoms with E-state index in [-0.39, 0.29) is 37.5 Å². The van der Waals surface area contributed by atoms with Gasteiger partial charge in [0.2, 0.25) is 0 Å². The average Bonchev–Trinajstić information content (AvgIpc) is 3.22. The summed E-state index contributed by atoms with van der Waals surface area (Å²) in [6.07, 6.45) is 58.6. The molecule has 330 valence electrons. The van der Waals surface area contributed by atoms with E-state index in [1.165, 1.54) is 51.4 Å². The minimum Gasteiger partial charge on any atom is -0.462 e. The van der Waals surface area contributed by atoms with Gasteiger partial charge in [-0.15, -0.1) is 0 Å². The van der Waals surface area contributed by atoms with E-state index in [4.69, 9.17) is 14.2 Å². The van der Waals surface area contributed by atoms with Gasteiger partial charge in [0, 0.05) is 19.3 Å². The summed E-state index contributed by atoms with van der Waals surface area (Å²) in [6.45, 7) is 6.38. The number of hydrogen-bond acceptors (Lipinski definition) is 6. The van der Waals surface area contributed by atoms with Crippen LogP contribution in [0.4, 0.5) is 0 Å². The molecular weight excluding hydrogens is 721 g/mol. The Balaban J connectivity index is 4.50. The molecule has 0 N–H and O–H groups in total. The van der Waals surface area contributed by atoms with Gasteiger partial charge in [0.25, 0.3) is 0 Å². The van der Waals surface area contributed by atoms with Gasteiger partial charge in [0.15, 0.2) is 6.10 Å². The highest BCUT2D eigenvalue weighted by molar-refractivity contribution is 5.71. The fourth-order valence-corrected chi connectivity index (χ4v) is 6.04. The van der Waals surface area contributed by atoms with Crippen LogP contribution < -0.4 is 0 Å². The predicted octanol–water partition coefficient (Wildman–Crippen LogP) is 15.3. The van der Waals surface area contributed by atoms with Crippen LogP contribution >= 0.6 is 0 Å². The molecule has 0 aromatic rings. The summed E-state index contributed by atoms with van der Waals surface area (Å²) < 4.78 is 16.6. The van der Waals surface area contributed by atoms with E-state index < -0.39 is 6.10 Å². The Morgan fingerprint density at radius 2 is 0.707 bits per heavy atom. The zero-order chi connectivity index (χ0) is 42.3. The van der Waals surface area contributed by atoms with Crippen molar-refractivity contribution in [3.05, 3.63) is 85.1 Å². The van der Waals surface area contributed by atoms with Gasteiger partial charge in [-0.2, -0.15) is 0 Å². The van der Waals surface area contributed by atoms with Crippen LogP contribution in [-0.4, -0.2) is 37.2 Å². The highest BCUT2D eigenvalue weighted by Crippen LogP contribution is 2.12. The minimum atomic E-state index is -0.809. The molecule has 0 saturated heterocycles. The van der Waals surface area contributed by atoms with Crippen LogP contribution in [0.25, 0.3) is 0 Å². The van der Waals surface area contributed by atoms with Crippen molar-refractivity contribution in [1.82, 2.24) is 0 Å². The Bertz CT molecular complexity index is 1160. The normalized spacial score (nSPS) is 12.8. The lowest BCUT2D eigenvalue weighted by Gasteiger charge is -2.18. The predicted molar refractivity (Wildman–Crippen MR) is 247 cm³/mol. The van der Waals surface area contributed by atoms with Crippen LogP contribution in [0, 0.1) is 0 Å². The van der Waals surface area contributed by atoms with Gasteiger partial charge in [-0.25, -0.2) is 0 Å². The van der Waals surface area contributed by atoms with Crippen LogP contribution in [0.15, 0.2) is 85.1 Å². The number of rotatable bonds is 41. The molecule has 1 unspecified atom stereocenters. The van der Waals surface area contributed by atoms with Crippen molar-refractivity contribution in [3.63, 3.8) is 0 Å². The summed E-state index contributed by atoms with van der Waals surface area (Å²) in [5.41, 5.74) is 0. The van der Waals surface area contributed by atoms with Gasteiger partial charge in [0.1, 0.15) is 13.2 Å². The van der Waals surface area contributed by atoms with E-state index >= 15 is 0 Å². The first-order chi connectivity index (χ1) is 28.5. The second-order valence-electron chi connectivity index (χ2n) is 15.3. The molecule has 0 radical (unpaired) electrons. The van der Waals surface area contributed by atoms with Crippen molar-refractivity contribution < 1.29 is 28.6 Å². The molecule has 6 heteroatoms. The SMILES string of the molecule is CC/C=C\C/C=C\C/C=C\C/C=C\C/C=C\CCCC(=O)OCC(COC(=O)CCCCCC/C=C\CCCC)OC(=O)CCCCC/C=C\CCCCCCCC. The molecule has 0 aliphatic rings. The number of esters is 3. The Labute approximate surface area is 356 Å². The summed E-state index contributed by atoms with van der Waals surface area (Å²) in [5.74, 6) is -1.00. The molecular formula is C52H86O6. The van der Waals surface area contributed by atoms with Crippen molar-refractivity contribution in [2.45, 2.75) is 213 Å². The fraction of sp³-hybridized carbons (Fsp3) is 0.673. The van der Waals surface area contributed by atoms with Gasteiger partial charge in [-0.3, -0.25) is 14.4 Å². The minimum absolute atomic E-state index is 0.107. The van der Waals surface area contributed by atoms with Crippen LogP contribution in [0.1, 0.15) is 207 Å².